The van der Waals surface area contributed by atoms with E-state index in [0.29, 0.717) is 11.8 Å². The predicted octanol–water partition coefficient (Wildman–Crippen LogP) is 6.77. The maximum atomic E-state index is 6.44. The lowest BCUT2D eigenvalue weighted by Crippen LogP contribution is -2.03. The number of hydrogen-bond acceptors (Lipinski definition) is 2. The van der Waals surface area contributed by atoms with Crippen molar-refractivity contribution in [3.8, 4) is 5.75 Å². The van der Waals surface area contributed by atoms with Crippen LogP contribution in [0.5, 0.6) is 5.75 Å². The monoisotopic (exact) mass is 400 g/mol. The summed E-state index contributed by atoms with van der Waals surface area (Å²) in [6.07, 6.45) is 2.01. The molecule has 1 aliphatic carbocycles. The van der Waals surface area contributed by atoms with Gasteiger partial charge in [0.2, 0.25) is 0 Å². The van der Waals surface area contributed by atoms with Crippen LogP contribution in [0.25, 0.3) is 15.9 Å². The van der Waals surface area contributed by atoms with Gasteiger partial charge < -0.3 is 4.74 Å². The summed E-state index contributed by atoms with van der Waals surface area (Å²) in [6.45, 7) is 6.77. The highest BCUT2D eigenvalue weighted by atomic mass is 35.5. The van der Waals surface area contributed by atoms with E-state index in [0.717, 1.165) is 45.7 Å². The van der Waals surface area contributed by atoms with Crippen molar-refractivity contribution >= 4 is 39.1 Å². The first-order chi connectivity index (χ1) is 12.9. The van der Waals surface area contributed by atoms with Crippen molar-refractivity contribution in [2.75, 3.05) is 0 Å². The molecule has 0 saturated carbocycles. The van der Waals surface area contributed by atoms with Crippen molar-refractivity contribution in [2.24, 2.45) is 0 Å². The summed E-state index contributed by atoms with van der Waals surface area (Å²) in [4.78, 5) is 0. The molecule has 0 aliphatic heterocycles. The lowest BCUT2D eigenvalue weighted by atomic mass is 9.92. The molecule has 0 unspecified atom stereocenters. The maximum absolute atomic E-state index is 6.44. The Kier molecular flexibility index (Phi) is 4.92. The van der Waals surface area contributed by atoms with Gasteiger partial charge in [-0.1, -0.05) is 34.8 Å². The first kappa shape index (κ1) is 18.4. The van der Waals surface area contributed by atoms with Crippen molar-refractivity contribution in [1.29, 1.82) is 0 Å². The summed E-state index contributed by atoms with van der Waals surface area (Å²) in [5.74, 6) is 0.863. The van der Waals surface area contributed by atoms with E-state index >= 15 is 0 Å². The predicted molar refractivity (Wildman–Crippen MR) is 113 cm³/mol. The fourth-order valence-corrected chi connectivity index (χ4v) is 4.05. The number of aromatic nitrogens is 2. The molecule has 2 aromatic carbocycles. The van der Waals surface area contributed by atoms with Crippen LogP contribution in [-0.4, -0.2) is 9.78 Å². The van der Waals surface area contributed by atoms with Gasteiger partial charge in [-0.05, 0) is 80.6 Å². The fraction of sp³-hybridized carbons (Fsp3) is 0.318. The molecule has 0 N–H and O–H groups in total. The van der Waals surface area contributed by atoms with E-state index in [9.17, 15) is 0 Å². The van der Waals surface area contributed by atoms with Gasteiger partial charge >= 0.3 is 0 Å². The van der Waals surface area contributed by atoms with Gasteiger partial charge in [-0.15, -0.1) is 0 Å². The molecule has 0 saturated heterocycles. The lowest BCUT2D eigenvalue weighted by Gasteiger charge is -2.18. The Labute approximate surface area is 169 Å². The number of fused-ring (bicyclic) bond motifs is 2. The summed E-state index contributed by atoms with van der Waals surface area (Å²) in [6, 6.07) is 12.6. The highest BCUT2D eigenvalue weighted by molar-refractivity contribution is 6.49. The van der Waals surface area contributed by atoms with Crippen LogP contribution >= 0.6 is 23.2 Å². The van der Waals surface area contributed by atoms with Crippen LogP contribution in [0.2, 0.25) is 5.15 Å². The van der Waals surface area contributed by atoms with Gasteiger partial charge in [-0.25, -0.2) is 0 Å². The smallest absolute Gasteiger partial charge is 0.158 e. The Balaban J connectivity index is 1.55. The molecule has 3 aromatic rings. The van der Waals surface area contributed by atoms with E-state index in [-0.39, 0.29) is 6.04 Å². The van der Waals surface area contributed by atoms with Gasteiger partial charge in [0.15, 0.2) is 5.15 Å². The third-order valence-electron chi connectivity index (χ3n) is 5.08. The molecule has 1 heterocycles. The quantitative estimate of drug-likeness (QED) is 0.483. The molecule has 0 bridgehead atoms. The van der Waals surface area contributed by atoms with Gasteiger partial charge in [0.1, 0.15) is 12.4 Å². The third kappa shape index (κ3) is 3.46. The van der Waals surface area contributed by atoms with Crippen LogP contribution in [0.3, 0.4) is 0 Å². The van der Waals surface area contributed by atoms with E-state index in [1.54, 1.807) is 0 Å². The van der Waals surface area contributed by atoms with Crippen molar-refractivity contribution in [3.63, 3.8) is 0 Å². The zero-order valence-electron chi connectivity index (χ0n) is 15.7. The van der Waals surface area contributed by atoms with Crippen LogP contribution in [0.1, 0.15) is 49.9 Å². The Morgan fingerprint density at radius 3 is 2.70 bits per heavy atom. The Bertz CT molecular complexity index is 1050. The molecule has 5 heteroatoms. The van der Waals surface area contributed by atoms with Gasteiger partial charge in [-0.3, -0.25) is 4.68 Å². The summed E-state index contributed by atoms with van der Waals surface area (Å²) >= 11 is 12.8. The molecule has 0 spiro atoms. The minimum Gasteiger partial charge on any atom is -0.489 e. The van der Waals surface area contributed by atoms with Gasteiger partial charge in [0.05, 0.1) is 5.52 Å². The molecule has 0 radical (unpaired) electrons. The van der Waals surface area contributed by atoms with Crippen LogP contribution in [-0.2, 0) is 13.0 Å². The second-order valence-electron chi connectivity index (χ2n) is 7.38. The largest absolute Gasteiger partial charge is 0.489 e. The number of allylic oxidation sites excluding steroid dienone is 1. The molecule has 140 valence electrons. The Morgan fingerprint density at radius 1 is 1.11 bits per heavy atom. The lowest BCUT2D eigenvalue weighted by molar-refractivity contribution is 0.306. The topological polar surface area (TPSA) is 27.1 Å². The summed E-state index contributed by atoms with van der Waals surface area (Å²) < 4.78 is 7.98. The van der Waals surface area contributed by atoms with E-state index in [2.05, 4.69) is 56.2 Å². The van der Waals surface area contributed by atoms with E-state index in [4.69, 9.17) is 27.9 Å². The first-order valence-electron chi connectivity index (χ1n) is 9.22. The Hall–Kier alpha value is -1.97. The number of ether oxygens (including phenoxy) is 1. The molecule has 1 aliphatic rings. The van der Waals surface area contributed by atoms with Crippen LogP contribution in [0.4, 0.5) is 0 Å². The summed E-state index contributed by atoms with van der Waals surface area (Å²) in [5.41, 5.74) is 5.75. The average molecular weight is 401 g/mol. The first-order valence-corrected chi connectivity index (χ1v) is 9.97. The standard InChI is InChI=1S/C22H22Cl2N2O/c1-13(2)26-20-9-5-15(10-19(20)22(24)25-26)12-27-17-7-8-18-16(11-17)6-4-14(3)21(18)23/h5,7-11,13H,4,6,12H2,1-3H3. The average Bonchev–Trinajstić information content (AvgIpc) is 3.00. The van der Waals surface area contributed by atoms with Gasteiger partial charge in [0.25, 0.3) is 0 Å². The van der Waals surface area contributed by atoms with Crippen molar-refractivity contribution in [3.05, 3.63) is 63.8 Å². The van der Waals surface area contributed by atoms with Gasteiger partial charge in [-0.2, -0.15) is 5.10 Å². The minimum absolute atomic E-state index is 0.266. The maximum Gasteiger partial charge on any atom is 0.158 e. The number of benzene rings is 2. The number of nitrogens with zero attached hydrogens (tertiary/aromatic N) is 2. The molecule has 3 nitrogen and oxygen atoms in total. The van der Waals surface area contributed by atoms with Crippen LogP contribution in [0.15, 0.2) is 42.0 Å². The molecule has 0 atom stereocenters. The Morgan fingerprint density at radius 2 is 1.93 bits per heavy atom. The van der Waals surface area contributed by atoms with Crippen LogP contribution < -0.4 is 4.74 Å². The molecular weight excluding hydrogens is 379 g/mol. The molecule has 27 heavy (non-hydrogen) atoms. The molecule has 0 amide bonds. The molecule has 4 rings (SSSR count). The summed E-state index contributed by atoms with van der Waals surface area (Å²) in [7, 11) is 0. The van der Waals surface area contributed by atoms with E-state index in [1.807, 2.05) is 10.7 Å². The number of hydrogen-bond donors (Lipinski definition) is 0. The second kappa shape index (κ2) is 7.21. The fourth-order valence-electron chi connectivity index (χ4n) is 3.54. The minimum atomic E-state index is 0.266. The highest BCUT2D eigenvalue weighted by Gasteiger charge is 2.16. The zero-order valence-corrected chi connectivity index (χ0v) is 17.2. The second-order valence-corrected chi connectivity index (χ2v) is 8.12. The normalized spacial score (nSPS) is 14.1. The van der Waals surface area contributed by atoms with E-state index in [1.165, 1.54) is 11.1 Å². The van der Waals surface area contributed by atoms with Gasteiger partial charge in [0, 0.05) is 16.5 Å². The highest BCUT2D eigenvalue weighted by Crippen LogP contribution is 2.35. The number of aryl methyl sites for hydroxylation is 1. The SMILES string of the molecule is CC1=C(Cl)c2ccc(OCc3ccc4c(c3)c(Cl)nn4C(C)C)cc2CC1. The molecule has 0 fully saturated rings. The van der Waals surface area contributed by atoms with Crippen molar-refractivity contribution in [2.45, 2.75) is 46.3 Å². The summed E-state index contributed by atoms with van der Waals surface area (Å²) in [5, 5.41) is 6.81. The van der Waals surface area contributed by atoms with Crippen molar-refractivity contribution in [1.82, 2.24) is 9.78 Å². The third-order valence-corrected chi connectivity index (χ3v) is 5.88. The molecular formula is C22H22Cl2N2O. The molecule has 1 aromatic heterocycles. The van der Waals surface area contributed by atoms with E-state index < -0.39 is 0 Å². The van der Waals surface area contributed by atoms with Crippen LogP contribution in [0, 0.1) is 0 Å². The van der Waals surface area contributed by atoms with Crippen molar-refractivity contribution < 1.29 is 4.74 Å². The number of rotatable bonds is 4. The zero-order chi connectivity index (χ0) is 19.1. The number of halogens is 2.